The molecule has 0 aliphatic carbocycles. The van der Waals surface area contributed by atoms with E-state index in [0.29, 0.717) is 24.6 Å². The lowest BCUT2D eigenvalue weighted by molar-refractivity contribution is -0.0504. The van der Waals surface area contributed by atoms with Gasteiger partial charge in [-0.1, -0.05) is 17.7 Å². The van der Waals surface area contributed by atoms with Gasteiger partial charge in [-0.2, -0.15) is 8.78 Å². The summed E-state index contributed by atoms with van der Waals surface area (Å²) in [5.41, 5.74) is 1.58. The van der Waals surface area contributed by atoms with Gasteiger partial charge in [0, 0.05) is 25.7 Å². The van der Waals surface area contributed by atoms with Gasteiger partial charge in [0.1, 0.15) is 12.1 Å². The number of nitrogens with zero attached hydrogens (tertiary/aromatic N) is 4. The molecule has 0 aliphatic rings. The number of aromatic nitrogens is 3. The van der Waals surface area contributed by atoms with E-state index in [-0.39, 0.29) is 29.7 Å². The second kappa shape index (κ2) is 10.9. The molecule has 0 amide bonds. The summed E-state index contributed by atoms with van der Waals surface area (Å²) >= 11 is 0. The van der Waals surface area contributed by atoms with Crippen LogP contribution in [-0.4, -0.2) is 34.4 Å². The molecule has 0 saturated carbocycles. The number of aliphatic imine (C=N–C) groups is 1. The number of alkyl halides is 2. The molecule has 1 aromatic carbocycles. The molecule has 2 rings (SSSR count). The predicted octanol–water partition coefficient (Wildman–Crippen LogP) is 2.69. The van der Waals surface area contributed by atoms with E-state index in [9.17, 15) is 8.78 Å². The molecular formula is C16H23F2IN6O. The minimum atomic E-state index is -2.86. The second-order valence-corrected chi connectivity index (χ2v) is 5.30. The number of halogens is 3. The van der Waals surface area contributed by atoms with Crippen molar-refractivity contribution in [1.82, 2.24) is 25.4 Å². The summed E-state index contributed by atoms with van der Waals surface area (Å²) in [6.45, 7) is 2.54. The summed E-state index contributed by atoms with van der Waals surface area (Å²) in [7, 11) is 1.63. The molecule has 0 fully saturated rings. The summed E-state index contributed by atoms with van der Waals surface area (Å²) in [5, 5.41) is 14.1. The van der Waals surface area contributed by atoms with Crippen LogP contribution in [0.5, 0.6) is 5.75 Å². The van der Waals surface area contributed by atoms with Crippen molar-refractivity contribution in [2.24, 2.45) is 4.99 Å². The summed E-state index contributed by atoms with van der Waals surface area (Å²) in [5.74, 6) is 1.45. The van der Waals surface area contributed by atoms with E-state index in [2.05, 4.69) is 30.6 Å². The van der Waals surface area contributed by atoms with Crippen LogP contribution in [0.1, 0.15) is 23.9 Å². The first kappa shape index (κ1) is 22.1. The predicted molar refractivity (Wildman–Crippen MR) is 106 cm³/mol. The van der Waals surface area contributed by atoms with E-state index in [1.54, 1.807) is 31.6 Å². The van der Waals surface area contributed by atoms with E-state index >= 15 is 0 Å². The first-order valence-corrected chi connectivity index (χ1v) is 7.89. The van der Waals surface area contributed by atoms with Crippen molar-refractivity contribution in [3.05, 3.63) is 41.5 Å². The van der Waals surface area contributed by atoms with Crippen LogP contribution < -0.4 is 15.4 Å². The Balaban J connectivity index is 0.00000338. The van der Waals surface area contributed by atoms with Gasteiger partial charge in [-0.25, -0.2) is 0 Å². The van der Waals surface area contributed by atoms with Crippen LogP contribution in [0.2, 0.25) is 0 Å². The molecule has 26 heavy (non-hydrogen) atoms. The summed E-state index contributed by atoms with van der Waals surface area (Å²) < 4.78 is 31.5. The molecule has 1 aromatic heterocycles. The van der Waals surface area contributed by atoms with Gasteiger partial charge in [0.2, 0.25) is 0 Å². The number of ether oxygens (including phenoxy) is 1. The maximum absolute atomic E-state index is 12.5. The summed E-state index contributed by atoms with van der Waals surface area (Å²) in [6, 6.07) is 5.07. The van der Waals surface area contributed by atoms with Crippen molar-refractivity contribution in [3.63, 3.8) is 0 Å². The quantitative estimate of drug-likeness (QED) is 0.362. The molecule has 0 unspecified atom stereocenters. The fraction of sp³-hybridized carbons (Fsp3) is 0.438. The Hall–Kier alpha value is -1.98. The van der Waals surface area contributed by atoms with E-state index < -0.39 is 6.61 Å². The van der Waals surface area contributed by atoms with Crippen molar-refractivity contribution in [2.45, 2.75) is 40.1 Å². The highest BCUT2D eigenvalue weighted by atomic mass is 127. The van der Waals surface area contributed by atoms with Crippen LogP contribution in [0, 0.1) is 6.92 Å². The molecule has 0 saturated heterocycles. The highest BCUT2D eigenvalue weighted by Gasteiger charge is 2.11. The molecule has 144 valence electrons. The Labute approximate surface area is 168 Å². The lowest BCUT2D eigenvalue weighted by Gasteiger charge is -2.15. The zero-order chi connectivity index (χ0) is 18.2. The van der Waals surface area contributed by atoms with Crippen LogP contribution in [0.25, 0.3) is 0 Å². The zero-order valence-electron chi connectivity index (χ0n) is 14.9. The van der Waals surface area contributed by atoms with Gasteiger partial charge in [0.25, 0.3) is 0 Å². The maximum atomic E-state index is 12.5. The maximum Gasteiger partial charge on any atom is 0.387 e. The SMILES string of the molecule is CCn1cnnc1CNC(=NC)NCc1cc(C)ccc1OC(F)F.I. The molecule has 0 radical (unpaired) electrons. The topological polar surface area (TPSA) is 76.4 Å². The first-order chi connectivity index (χ1) is 12.0. The number of nitrogens with one attached hydrogen (secondary N) is 2. The molecule has 1 heterocycles. The molecule has 2 aromatic rings. The Morgan fingerprint density at radius 2 is 2.04 bits per heavy atom. The van der Waals surface area contributed by atoms with Crippen molar-refractivity contribution in [2.75, 3.05) is 7.05 Å². The van der Waals surface area contributed by atoms with Gasteiger partial charge in [0.05, 0.1) is 6.54 Å². The molecule has 2 N–H and O–H groups in total. The summed E-state index contributed by atoms with van der Waals surface area (Å²) in [6.07, 6.45) is 1.66. The largest absolute Gasteiger partial charge is 0.434 e. The fourth-order valence-corrected chi connectivity index (χ4v) is 2.30. The Kier molecular flexibility index (Phi) is 9.24. The van der Waals surface area contributed by atoms with Gasteiger partial charge in [-0.15, -0.1) is 34.2 Å². The molecule has 10 heteroatoms. The van der Waals surface area contributed by atoms with Crippen LogP contribution in [0.4, 0.5) is 8.78 Å². The van der Waals surface area contributed by atoms with E-state index in [1.165, 1.54) is 0 Å². The number of hydrogen-bond donors (Lipinski definition) is 2. The van der Waals surface area contributed by atoms with Gasteiger partial charge in [-0.3, -0.25) is 4.99 Å². The van der Waals surface area contributed by atoms with Crippen molar-refractivity contribution in [3.8, 4) is 5.75 Å². The number of rotatable bonds is 7. The lowest BCUT2D eigenvalue weighted by Crippen LogP contribution is -2.37. The summed E-state index contributed by atoms with van der Waals surface area (Å²) in [4.78, 5) is 4.12. The number of guanidine groups is 1. The molecule has 0 spiro atoms. The minimum absolute atomic E-state index is 0. The zero-order valence-corrected chi connectivity index (χ0v) is 17.2. The third kappa shape index (κ3) is 6.39. The Bertz CT molecular complexity index is 723. The van der Waals surface area contributed by atoms with Gasteiger partial charge >= 0.3 is 6.61 Å². The van der Waals surface area contributed by atoms with Crippen LogP contribution in [0.3, 0.4) is 0 Å². The third-order valence-corrected chi connectivity index (χ3v) is 3.55. The molecule has 7 nitrogen and oxygen atoms in total. The van der Waals surface area contributed by atoms with Gasteiger partial charge in [0.15, 0.2) is 11.8 Å². The van der Waals surface area contributed by atoms with Crippen LogP contribution >= 0.6 is 24.0 Å². The second-order valence-electron chi connectivity index (χ2n) is 5.30. The molecular weight excluding hydrogens is 457 g/mol. The Morgan fingerprint density at radius 1 is 1.31 bits per heavy atom. The smallest absolute Gasteiger partial charge is 0.387 e. The standard InChI is InChI=1S/C16H22F2N6O.HI/c1-4-24-10-22-23-14(24)9-21-16(19-3)20-8-12-7-11(2)5-6-13(12)25-15(17)18;/h5-7,10,15H,4,8-9H2,1-3H3,(H2,19,20,21);1H. The fourth-order valence-electron chi connectivity index (χ4n) is 2.30. The molecule has 0 atom stereocenters. The first-order valence-electron chi connectivity index (χ1n) is 7.89. The number of hydrogen-bond acceptors (Lipinski definition) is 4. The lowest BCUT2D eigenvalue weighted by atomic mass is 10.1. The highest BCUT2D eigenvalue weighted by molar-refractivity contribution is 14.0. The monoisotopic (exact) mass is 480 g/mol. The average Bonchev–Trinajstić information content (AvgIpc) is 3.04. The van der Waals surface area contributed by atoms with Crippen LogP contribution in [0.15, 0.2) is 29.5 Å². The van der Waals surface area contributed by atoms with E-state index in [4.69, 9.17) is 0 Å². The third-order valence-electron chi connectivity index (χ3n) is 3.55. The normalized spacial score (nSPS) is 11.2. The highest BCUT2D eigenvalue weighted by Crippen LogP contribution is 2.21. The van der Waals surface area contributed by atoms with Crippen molar-refractivity contribution in [1.29, 1.82) is 0 Å². The number of benzene rings is 1. The van der Waals surface area contributed by atoms with Gasteiger partial charge < -0.3 is 19.9 Å². The van der Waals surface area contributed by atoms with E-state index in [0.717, 1.165) is 17.9 Å². The molecule has 0 aliphatic heterocycles. The van der Waals surface area contributed by atoms with E-state index in [1.807, 2.05) is 18.4 Å². The van der Waals surface area contributed by atoms with Crippen LogP contribution in [-0.2, 0) is 19.6 Å². The average molecular weight is 480 g/mol. The van der Waals surface area contributed by atoms with Gasteiger partial charge in [-0.05, 0) is 19.9 Å². The van der Waals surface area contributed by atoms with Crippen molar-refractivity contribution >= 4 is 29.9 Å². The number of aryl methyl sites for hydroxylation is 2. The van der Waals surface area contributed by atoms with Crippen molar-refractivity contribution < 1.29 is 13.5 Å². The Morgan fingerprint density at radius 3 is 2.69 bits per heavy atom. The minimum Gasteiger partial charge on any atom is -0.434 e. The molecule has 0 bridgehead atoms.